The fraction of sp³-hybridized carbons (Fsp3) is 0.579. The van der Waals surface area contributed by atoms with Gasteiger partial charge in [0, 0.05) is 18.8 Å². The Kier molecular flexibility index (Phi) is 5.27. The molecule has 4 rings (SSSR count). The monoisotopic (exact) mass is 387 g/mol. The maximum atomic E-state index is 12.6. The van der Waals surface area contributed by atoms with Crippen molar-refractivity contribution >= 4 is 5.91 Å². The molecule has 2 aliphatic heterocycles. The van der Waals surface area contributed by atoms with Gasteiger partial charge in [0.1, 0.15) is 42.3 Å². The number of carbonyl (C=O) groups is 1. The third-order valence-electron chi connectivity index (χ3n) is 5.00. The zero-order valence-electron chi connectivity index (χ0n) is 16.4. The Morgan fingerprint density at radius 3 is 2.46 bits per heavy atom. The topological polar surface area (TPSA) is 91.6 Å². The smallest absolute Gasteiger partial charge is 0.244 e. The summed E-state index contributed by atoms with van der Waals surface area (Å²) in [6.45, 7) is 7.62. The van der Waals surface area contributed by atoms with Gasteiger partial charge in [-0.2, -0.15) is 5.10 Å². The molecule has 0 bridgehead atoms. The number of pyridine rings is 1. The molecule has 9 heteroatoms. The maximum Gasteiger partial charge on any atom is 0.244 e. The van der Waals surface area contributed by atoms with Crippen LogP contribution in [0.25, 0.3) is 0 Å². The number of rotatable bonds is 4. The van der Waals surface area contributed by atoms with Crippen LogP contribution < -0.4 is 4.74 Å². The van der Waals surface area contributed by atoms with Crippen molar-refractivity contribution in [2.75, 3.05) is 26.3 Å². The summed E-state index contributed by atoms with van der Waals surface area (Å²) < 4.78 is 19.5. The van der Waals surface area contributed by atoms with Gasteiger partial charge in [0.2, 0.25) is 5.91 Å². The molecule has 2 saturated heterocycles. The van der Waals surface area contributed by atoms with Gasteiger partial charge < -0.3 is 19.1 Å². The quantitative estimate of drug-likeness (QED) is 0.761. The van der Waals surface area contributed by atoms with Crippen LogP contribution in [-0.2, 0) is 20.8 Å². The minimum absolute atomic E-state index is 0.00759. The number of aryl methyl sites for hydroxylation is 3. The lowest BCUT2D eigenvalue weighted by atomic mass is 10.3. The number of amides is 1. The minimum Gasteiger partial charge on any atom is -0.484 e. The number of likely N-dealkylation sites (tertiary alicyclic amines) is 1. The van der Waals surface area contributed by atoms with Crippen LogP contribution in [0.4, 0.5) is 0 Å². The van der Waals surface area contributed by atoms with E-state index in [4.69, 9.17) is 14.2 Å². The highest BCUT2D eigenvalue weighted by Gasteiger charge is 2.39. The van der Waals surface area contributed by atoms with Crippen LogP contribution in [0.3, 0.4) is 0 Å². The predicted molar refractivity (Wildman–Crippen MR) is 98.9 cm³/mol. The van der Waals surface area contributed by atoms with Crippen LogP contribution in [0.5, 0.6) is 5.75 Å². The van der Waals surface area contributed by atoms with Gasteiger partial charge in [0.15, 0.2) is 0 Å². The molecule has 0 aliphatic carbocycles. The van der Waals surface area contributed by atoms with E-state index >= 15 is 0 Å². The van der Waals surface area contributed by atoms with E-state index in [1.54, 1.807) is 15.8 Å². The zero-order valence-corrected chi connectivity index (χ0v) is 16.4. The summed E-state index contributed by atoms with van der Waals surface area (Å²) >= 11 is 0. The zero-order chi connectivity index (χ0) is 19.7. The summed E-state index contributed by atoms with van der Waals surface area (Å²) in [4.78, 5) is 22.9. The third-order valence-corrected chi connectivity index (χ3v) is 5.00. The number of aromatic nitrogens is 4. The lowest BCUT2D eigenvalue weighted by molar-refractivity contribution is -0.132. The van der Waals surface area contributed by atoms with Gasteiger partial charge in [-0.05, 0) is 32.9 Å². The first-order chi connectivity index (χ1) is 13.5. The van der Waals surface area contributed by atoms with E-state index in [-0.39, 0.29) is 30.8 Å². The third kappa shape index (κ3) is 4.15. The van der Waals surface area contributed by atoms with E-state index in [1.165, 1.54) is 0 Å². The van der Waals surface area contributed by atoms with Gasteiger partial charge in [-0.25, -0.2) is 9.67 Å². The fourth-order valence-corrected chi connectivity index (χ4v) is 3.50. The van der Waals surface area contributed by atoms with E-state index in [1.807, 2.05) is 32.9 Å². The second-order valence-electron chi connectivity index (χ2n) is 7.28. The van der Waals surface area contributed by atoms with Crippen molar-refractivity contribution in [2.45, 2.75) is 45.6 Å². The summed E-state index contributed by atoms with van der Waals surface area (Å²) in [5, 5.41) is 4.26. The summed E-state index contributed by atoms with van der Waals surface area (Å²) in [5.74, 6) is 2.09. The molecule has 0 N–H and O–H groups in total. The highest BCUT2D eigenvalue weighted by molar-refractivity contribution is 5.76. The van der Waals surface area contributed by atoms with Crippen LogP contribution in [0.2, 0.25) is 0 Å². The molecule has 0 unspecified atom stereocenters. The first-order valence-corrected chi connectivity index (χ1v) is 9.46. The van der Waals surface area contributed by atoms with Crippen LogP contribution in [0, 0.1) is 20.8 Å². The van der Waals surface area contributed by atoms with Crippen molar-refractivity contribution < 1.29 is 19.0 Å². The Morgan fingerprint density at radius 2 is 1.89 bits per heavy atom. The first-order valence-electron chi connectivity index (χ1n) is 9.46. The van der Waals surface area contributed by atoms with Crippen molar-refractivity contribution in [3.8, 4) is 5.75 Å². The molecule has 2 atom stereocenters. The number of fused-ring (bicyclic) bond motifs is 1. The second-order valence-corrected chi connectivity index (χ2v) is 7.28. The average molecular weight is 387 g/mol. The van der Waals surface area contributed by atoms with Gasteiger partial charge in [0.25, 0.3) is 0 Å². The fourth-order valence-electron chi connectivity index (χ4n) is 3.50. The van der Waals surface area contributed by atoms with Crippen LogP contribution >= 0.6 is 0 Å². The van der Waals surface area contributed by atoms with Crippen molar-refractivity contribution in [1.82, 2.24) is 24.6 Å². The van der Waals surface area contributed by atoms with E-state index in [2.05, 4.69) is 15.1 Å². The van der Waals surface area contributed by atoms with Gasteiger partial charge in [-0.1, -0.05) is 0 Å². The Labute approximate surface area is 163 Å². The molecular weight excluding hydrogens is 362 g/mol. The summed E-state index contributed by atoms with van der Waals surface area (Å²) in [7, 11) is 0. The van der Waals surface area contributed by atoms with Crippen molar-refractivity contribution in [2.24, 2.45) is 0 Å². The Balaban J connectivity index is 1.30. The number of hydrogen-bond acceptors (Lipinski definition) is 7. The van der Waals surface area contributed by atoms with Crippen LogP contribution in [0.15, 0.2) is 18.3 Å². The first kappa shape index (κ1) is 18.8. The summed E-state index contributed by atoms with van der Waals surface area (Å²) in [6, 6.07) is 3.80. The molecule has 2 aromatic rings. The SMILES string of the molecule is Cc1ccc(OC2CO[C@H]3CN(C(=O)Cn4nc(C)nc4C)C[C@@H]3OC2)cn1. The van der Waals surface area contributed by atoms with E-state index in [0.29, 0.717) is 37.9 Å². The van der Waals surface area contributed by atoms with Gasteiger partial charge >= 0.3 is 0 Å². The van der Waals surface area contributed by atoms with Gasteiger partial charge in [-0.15, -0.1) is 0 Å². The molecule has 28 heavy (non-hydrogen) atoms. The van der Waals surface area contributed by atoms with Crippen molar-refractivity contribution in [3.63, 3.8) is 0 Å². The standard InChI is InChI=1S/C19H25N5O4/c1-12-4-5-15(6-20-12)28-16-10-26-17-7-23(8-18(17)27-11-16)19(25)9-24-14(3)21-13(2)22-24/h4-6,16-18H,7-11H2,1-3H3/t17-,18-/m0/s1. The molecule has 2 aromatic heterocycles. The lowest BCUT2D eigenvalue weighted by Gasteiger charge is -2.19. The summed E-state index contributed by atoms with van der Waals surface area (Å²) in [5.41, 5.74) is 0.941. The number of hydrogen-bond donors (Lipinski definition) is 0. The Hall–Kier alpha value is -2.52. The number of ether oxygens (including phenoxy) is 3. The molecule has 2 aliphatic rings. The molecule has 0 aromatic carbocycles. The molecule has 2 fully saturated rings. The number of carbonyl (C=O) groups excluding carboxylic acids is 1. The maximum absolute atomic E-state index is 12.6. The number of nitrogens with zero attached hydrogens (tertiary/aromatic N) is 5. The molecule has 9 nitrogen and oxygen atoms in total. The highest BCUT2D eigenvalue weighted by Crippen LogP contribution is 2.22. The molecule has 1 amide bonds. The molecular formula is C19H25N5O4. The molecule has 0 saturated carbocycles. The van der Waals surface area contributed by atoms with Crippen molar-refractivity contribution in [1.29, 1.82) is 0 Å². The molecule has 4 heterocycles. The molecule has 150 valence electrons. The van der Waals surface area contributed by atoms with E-state index in [0.717, 1.165) is 11.5 Å². The van der Waals surface area contributed by atoms with Gasteiger partial charge in [-0.3, -0.25) is 9.78 Å². The molecule has 0 radical (unpaired) electrons. The minimum atomic E-state index is -0.194. The van der Waals surface area contributed by atoms with Crippen LogP contribution in [-0.4, -0.2) is 75.2 Å². The second kappa shape index (κ2) is 7.84. The average Bonchev–Trinajstić information content (AvgIpc) is 3.16. The Morgan fingerprint density at radius 1 is 1.18 bits per heavy atom. The largest absolute Gasteiger partial charge is 0.484 e. The molecule has 0 spiro atoms. The van der Waals surface area contributed by atoms with E-state index < -0.39 is 0 Å². The van der Waals surface area contributed by atoms with Crippen LogP contribution in [0.1, 0.15) is 17.3 Å². The van der Waals surface area contributed by atoms with E-state index in [9.17, 15) is 4.79 Å². The van der Waals surface area contributed by atoms with Gasteiger partial charge in [0.05, 0.1) is 19.4 Å². The predicted octanol–water partition coefficient (Wildman–Crippen LogP) is 0.672. The lowest BCUT2D eigenvalue weighted by Crippen LogP contribution is -2.35. The van der Waals surface area contributed by atoms with Crippen molar-refractivity contribution in [3.05, 3.63) is 35.7 Å². The Bertz CT molecular complexity index is 821. The normalized spacial score (nSPS) is 22.8. The summed E-state index contributed by atoms with van der Waals surface area (Å²) in [6.07, 6.45) is 1.22. The highest BCUT2D eigenvalue weighted by atomic mass is 16.6.